The van der Waals surface area contributed by atoms with E-state index in [1.807, 2.05) is 49.4 Å². The Labute approximate surface area is 189 Å². The quantitative estimate of drug-likeness (QED) is 0.474. The minimum atomic E-state index is -0.882. The van der Waals surface area contributed by atoms with E-state index in [1.165, 1.54) is 15.9 Å². The van der Waals surface area contributed by atoms with Gasteiger partial charge in [0.1, 0.15) is 5.82 Å². The summed E-state index contributed by atoms with van der Waals surface area (Å²) in [7, 11) is 0. The number of rotatable bonds is 4. The van der Waals surface area contributed by atoms with E-state index in [1.54, 1.807) is 0 Å². The molecule has 0 amide bonds. The molecule has 1 aliphatic rings. The molecule has 1 saturated heterocycles. The Morgan fingerprint density at radius 2 is 1.74 bits per heavy atom. The summed E-state index contributed by atoms with van der Waals surface area (Å²) in [4.78, 5) is 8.24. The lowest BCUT2D eigenvalue weighted by molar-refractivity contribution is -0.0323. The summed E-state index contributed by atoms with van der Waals surface area (Å²) in [6.45, 7) is 3.19. The van der Waals surface area contributed by atoms with Gasteiger partial charge in [0.05, 0.1) is 16.5 Å². The fourth-order valence-corrected chi connectivity index (χ4v) is 5.68. The van der Waals surface area contributed by atoms with Crippen molar-refractivity contribution in [3.05, 3.63) is 81.4 Å². The predicted molar refractivity (Wildman–Crippen MR) is 122 cm³/mol. The molecular weight excluding hydrogens is 432 g/mol. The van der Waals surface area contributed by atoms with Crippen molar-refractivity contribution in [1.29, 1.82) is 0 Å². The number of benzene rings is 2. The third-order valence-corrected chi connectivity index (χ3v) is 7.37. The van der Waals surface area contributed by atoms with Crippen LogP contribution in [0.5, 0.6) is 5.88 Å². The number of nitrogens with zero attached hydrogens (tertiary/aromatic N) is 4. The molecule has 0 unspecified atom stereocenters. The molecule has 0 radical (unpaired) electrons. The van der Waals surface area contributed by atoms with E-state index < -0.39 is 5.60 Å². The van der Waals surface area contributed by atoms with Gasteiger partial charge in [-0.25, -0.2) is 4.98 Å². The summed E-state index contributed by atoms with van der Waals surface area (Å²) < 4.78 is 1.51. The number of hydrogen-bond acceptors (Lipinski definition) is 6. The summed E-state index contributed by atoms with van der Waals surface area (Å²) in [5, 5.41) is 27.2. The fourth-order valence-electron chi connectivity index (χ4n) is 4.39. The van der Waals surface area contributed by atoms with Gasteiger partial charge in [-0.2, -0.15) is 4.52 Å². The molecule has 160 valence electrons. The number of thiazole rings is 1. The largest absolute Gasteiger partial charge is 0.492 e. The molecule has 31 heavy (non-hydrogen) atoms. The number of fused-ring (bicyclic) bond motifs is 1. The minimum absolute atomic E-state index is 0.132. The van der Waals surface area contributed by atoms with Crippen LogP contribution in [0.1, 0.15) is 40.7 Å². The molecule has 0 spiro atoms. The van der Waals surface area contributed by atoms with Crippen LogP contribution in [-0.2, 0) is 5.60 Å². The first-order valence-corrected chi connectivity index (χ1v) is 11.5. The molecule has 0 saturated carbocycles. The van der Waals surface area contributed by atoms with Crippen molar-refractivity contribution in [2.45, 2.75) is 31.4 Å². The first kappa shape index (κ1) is 20.5. The van der Waals surface area contributed by atoms with E-state index >= 15 is 0 Å². The minimum Gasteiger partial charge on any atom is -0.492 e. The lowest BCUT2D eigenvalue weighted by atomic mass is 9.83. The molecule has 2 aromatic heterocycles. The van der Waals surface area contributed by atoms with Gasteiger partial charge in [-0.05, 0) is 43.0 Å². The molecule has 2 aromatic carbocycles. The zero-order valence-electron chi connectivity index (χ0n) is 17.1. The zero-order valence-corrected chi connectivity index (χ0v) is 18.6. The van der Waals surface area contributed by atoms with Gasteiger partial charge < -0.3 is 10.2 Å². The highest BCUT2D eigenvalue weighted by molar-refractivity contribution is 7.17. The average molecular weight is 455 g/mol. The van der Waals surface area contributed by atoms with Crippen molar-refractivity contribution < 1.29 is 10.2 Å². The number of halogens is 1. The maximum Gasteiger partial charge on any atom is 0.230 e. The van der Waals surface area contributed by atoms with Gasteiger partial charge in [0.2, 0.25) is 10.8 Å². The smallest absolute Gasteiger partial charge is 0.230 e. The lowest BCUT2D eigenvalue weighted by Crippen LogP contribution is -2.44. The Morgan fingerprint density at radius 3 is 2.39 bits per heavy atom. The van der Waals surface area contributed by atoms with Gasteiger partial charge in [-0.3, -0.25) is 4.90 Å². The Balaban J connectivity index is 1.47. The molecule has 1 atom stereocenters. The van der Waals surface area contributed by atoms with E-state index in [2.05, 4.69) is 27.1 Å². The number of aliphatic hydroxyl groups is 1. The van der Waals surface area contributed by atoms with Crippen LogP contribution in [0.2, 0.25) is 5.02 Å². The van der Waals surface area contributed by atoms with Crippen LogP contribution in [0.25, 0.3) is 4.96 Å². The third-order valence-electron chi connectivity index (χ3n) is 6.04. The van der Waals surface area contributed by atoms with Gasteiger partial charge in [0.15, 0.2) is 0 Å². The van der Waals surface area contributed by atoms with Gasteiger partial charge in [0, 0.05) is 18.1 Å². The van der Waals surface area contributed by atoms with Crippen LogP contribution < -0.4 is 0 Å². The van der Waals surface area contributed by atoms with E-state index in [9.17, 15) is 10.2 Å². The maximum absolute atomic E-state index is 11.3. The number of aromatic hydroxyl groups is 1. The SMILES string of the molecule is Cc1nc2sc([C@H](c3ccccc3)N3CCC(O)(c4ccc(Cl)cc4)CC3)c(O)n2n1. The molecule has 8 heteroatoms. The number of aromatic nitrogens is 3. The number of aryl methyl sites for hydroxylation is 1. The van der Waals surface area contributed by atoms with Crippen LogP contribution in [0.15, 0.2) is 54.6 Å². The standard InChI is InChI=1S/C23H23ClN4O2S/c1-15-25-22-28(26-15)21(29)20(31-22)19(16-5-3-2-4-6-16)27-13-11-23(30,12-14-27)17-7-9-18(24)10-8-17/h2-10,19,29-30H,11-14H2,1H3/t19-/m0/s1. The summed E-state index contributed by atoms with van der Waals surface area (Å²) in [6, 6.07) is 17.5. The first-order valence-electron chi connectivity index (χ1n) is 10.3. The van der Waals surface area contributed by atoms with Gasteiger partial charge in [-0.15, -0.1) is 5.10 Å². The molecule has 1 fully saturated rings. The van der Waals surface area contributed by atoms with Crippen LogP contribution in [0, 0.1) is 6.92 Å². The number of piperidine rings is 1. The molecule has 4 aromatic rings. The van der Waals surface area contributed by atoms with Crippen LogP contribution >= 0.6 is 22.9 Å². The Morgan fingerprint density at radius 1 is 1.06 bits per heavy atom. The normalized spacial score (nSPS) is 17.8. The van der Waals surface area contributed by atoms with Crippen molar-refractivity contribution in [2.75, 3.05) is 13.1 Å². The van der Waals surface area contributed by atoms with Gasteiger partial charge >= 0.3 is 0 Å². The number of hydrogen-bond donors (Lipinski definition) is 2. The Bertz CT molecular complexity index is 1200. The molecule has 3 heterocycles. The summed E-state index contributed by atoms with van der Waals surface area (Å²) >= 11 is 7.48. The highest BCUT2D eigenvalue weighted by Crippen LogP contribution is 2.43. The summed E-state index contributed by atoms with van der Waals surface area (Å²) in [5.41, 5.74) is 1.11. The molecular formula is C23H23ClN4O2S. The van der Waals surface area contributed by atoms with Crippen molar-refractivity contribution >= 4 is 27.9 Å². The second-order valence-corrected chi connectivity index (χ2v) is 9.48. The fraction of sp³-hybridized carbons (Fsp3) is 0.304. The first-order chi connectivity index (χ1) is 14.9. The maximum atomic E-state index is 11.3. The third kappa shape index (κ3) is 3.72. The molecule has 1 aliphatic heterocycles. The van der Waals surface area contributed by atoms with Crippen molar-refractivity contribution in [3.63, 3.8) is 0 Å². The van der Waals surface area contributed by atoms with E-state index in [0.29, 0.717) is 41.7 Å². The van der Waals surface area contributed by atoms with Crippen molar-refractivity contribution in [2.24, 2.45) is 0 Å². The molecule has 2 N–H and O–H groups in total. The predicted octanol–water partition coefficient (Wildman–Crippen LogP) is 4.53. The summed E-state index contributed by atoms with van der Waals surface area (Å²) in [5.74, 6) is 0.767. The van der Waals surface area contributed by atoms with E-state index in [-0.39, 0.29) is 11.9 Å². The molecule has 5 rings (SSSR count). The highest BCUT2D eigenvalue weighted by Gasteiger charge is 2.38. The highest BCUT2D eigenvalue weighted by atomic mass is 35.5. The van der Waals surface area contributed by atoms with Crippen molar-refractivity contribution in [1.82, 2.24) is 19.5 Å². The van der Waals surface area contributed by atoms with Gasteiger partial charge in [0.25, 0.3) is 0 Å². The van der Waals surface area contributed by atoms with E-state index in [4.69, 9.17) is 11.6 Å². The molecule has 6 nitrogen and oxygen atoms in total. The van der Waals surface area contributed by atoms with E-state index in [0.717, 1.165) is 16.0 Å². The second-order valence-electron chi connectivity index (χ2n) is 8.03. The van der Waals surface area contributed by atoms with Crippen LogP contribution in [-0.4, -0.2) is 42.8 Å². The Kier molecular flexibility index (Phi) is 5.22. The van der Waals surface area contributed by atoms with Crippen LogP contribution in [0.3, 0.4) is 0 Å². The monoisotopic (exact) mass is 454 g/mol. The topological polar surface area (TPSA) is 73.9 Å². The number of likely N-dealkylation sites (tertiary alicyclic amines) is 1. The van der Waals surface area contributed by atoms with Crippen LogP contribution in [0.4, 0.5) is 0 Å². The Hall–Kier alpha value is -2.45. The average Bonchev–Trinajstić information content (AvgIpc) is 3.28. The summed E-state index contributed by atoms with van der Waals surface area (Å²) in [6.07, 6.45) is 1.19. The van der Waals surface area contributed by atoms with Gasteiger partial charge in [-0.1, -0.05) is 65.4 Å². The lowest BCUT2D eigenvalue weighted by Gasteiger charge is -2.42. The second kappa shape index (κ2) is 7.91. The molecule has 0 aliphatic carbocycles. The molecule has 0 bridgehead atoms. The zero-order chi connectivity index (χ0) is 21.6. The van der Waals surface area contributed by atoms with Crippen molar-refractivity contribution in [3.8, 4) is 5.88 Å².